The van der Waals surface area contributed by atoms with Gasteiger partial charge in [-0.15, -0.1) is 0 Å². The van der Waals surface area contributed by atoms with E-state index in [1.54, 1.807) is 18.2 Å². The molecule has 0 fully saturated rings. The Balaban J connectivity index is 1.50. The first-order valence-electron chi connectivity index (χ1n) is 12.7. The standard InChI is InChI=1S/C31H23Cl2N5O2/c1-20-7-9-21(10-8-20)29-18-30(37(34-29)24-12-14-25(15-13-24)38(39)40)26-19-36(23-5-3-2-4-6-23)35-31(26)22-11-16-27(32)28(33)17-22/h2-17,19,30H,18H2,1H3. The average Bonchev–Trinajstić information content (AvgIpc) is 3.61. The molecule has 0 amide bonds. The Bertz CT molecular complexity index is 1730. The summed E-state index contributed by atoms with van der Waals surface area (Å²) in [6.07, 6.45) is 2.62. The average molecular weight is 568 g/mol. The van der Waals surface area contributed by atoms with E-state index in [0.29, 0.717) is 16.5 Å². The predicted octanol–water partition coefficient (Wildman–Crippen LogP) is 8.42. The molecule has 5 aromatic rings. The van der Waals surface area contributed by atoms with Gasteiger partial charge in [-0.2, -0.15) is 10.2 Å². The maximum absolute atomic E-state index is 11.3. The number of hydrogen-bond acceptors (Lipinski definition) is 5. The second-order valence-corrected chi connectivity index (χ2v) is 10.4. The fourth-order valence-corrected chi connectivity index (χ4v) is 5.15. The third-order valence-electron chi connectivity index (χ3n) is 6.94. The van der Waals surface area contributed by atoms with E-state index < -0.39 is 4.92 Å². The highest BCUT2D eigenvalue weighted by atomic mass is 35.5. The van der Waals surface area contributed by atoms with Crippen molar-refractivity contribution in [1.82, 2.24) is 9.78 Å². The molecule has 0 N–H and O–H groups in total. The topological polar surface area (TPSA) is 76.6 Å². The SMILES string of the molecule is Cc1ccc(C2=NN(c3ccc([N+](=O)[O-])cc3)C(c3cn(-c4ccccc4)nc3-c3ccc(Cl)c(Cl)c3)C2)cc1. The molecule has 0 spiro atoms. The van der Waals surface area contributed by atoms with Gasteiger partial charge >= 0.3 is 0 Å². The first kappa shape index (κ1) is 25.8. The quantitative estimate of drug-likeness (QED) is 0.152. The fraction of sp³-hybridized carbons (Fsp3) is 0.0968. The number of anilines is 1. The molecular weight excluding hydrogens is 545 g/mol. The largest absolute Gasteiger partial charge is 0.269 e. The van der Waals surface area contributed by atoms with Crippen LogP contribution in [-0.4, -0.2) is 20.4 Å². The van der Waals surface area contributed by atoms with Gasteiger partial charge < -0.3 is 0 Å². The van der Waals surface area contributed by atoms with E-state index in [1.807, 2.05) is 65.3 Å². The highest BCUT2D eigenvalue weighted by Crippen LogP contribution is 2.42. The Morgan fingerprint density at radius 2 is 1.55 bits per heavy atom. The minimum absolute atomic E-state index is 0.0237. The van der Waals surface area contributed by atoms with E-state index in [0.717, 1.165) is 45.0 Å². The lowest BCUT2D eigenvalue weighted by atomic mass is 9.96. The molecule has 9 heteroatoms. The molecule has 0 bridgehead atoms. The Labute approximate surface area is 241 Å². The number of para-hydroxylation sites is 1. The summed E-state index contributed by atoms with van der Waals surface area (Å²) >= 11 is 12.7. The lowest BCUT2D eigenvalue weighted by molar-refractivity contribution is -0.384. The monoisotopic (exact) mass is 567 g/mol. The van der Waals surface area contributed by atoms with E-state index >= 15 is 0 Å². The maximum Gasteiger partial charge on any atom is 0.269 e. The van der Waals surface area contributed by atoms with Crippen molar-refractivity contribution in [3.63, 3.8) is 0 Å². The molecule has 1 aliphatic rings. The predicted molar refractivity (Wildman–Crippen MR) is 160 cm³/mol. The number of hydrogen-bond donors (Lipinski definition) is 0. The molecule has 2 heterocycles. The second kappa shape index (κ2) is 10.6. The first-order valence-corrected chi connectivity index (χ1v) is 13.4. The molecule has 1 unspecified atom stereocenters. The van der Waals surface area contributed by atoms with Crippen molar-refractivity contribution >= 4 is 40.3 Å². The van der Waals surface area contributed by atoms with Crippen LogP contribution < -0.4 is 5.01 Å². The summed E-state index contributed by atoms with van der Waals surface area (Å²) in [6, 6.07) is 29.8. The summed E-state index contributed by atoms with van der Waals surface area (Å²) in [7, 11) is 0. The van der Waals surface area contributed by atoms with Gasteiger partial charge in [-0.05, 0) is 48.9 Å². The minimum atomic E-state index is -0.404. The molecule has 7 nitrogen and oxygen atoms in total. The second-order valence-electron chi connectivity index (χ2n) is 9.59. The van der Waals surface area contributed by atoms with Gasteiger partial charge in [-0.3, -0.25) is 15.1 Å². The Morgan fingerprint density at radius 3 is 2.23 bits per heavy atom. The first-order chi connectivity index (χ1) is 19.4. The number of aromatic nitrogens is 2. The number of nitrogens with zero attached hydrogens (tertiary/aromatic N) is 5. The number of nitro groups is 1. The van der Waals surface area contributed by atoms with Crippen molar-refractivity contribution in [2.24, 2.45) is 5.10 Å². The molecule has 6 rings (SSSR count). The van der Waals surface area contributed by atoms with Crippen LogP contribution in [0.2, 0.25) is 10.0 Å². The van der Waals surface area contributed by atoms with Gasteiger partial charge in [0.2, 0.25) is 0 Å². The smallest absolute Gasteiger partial charge is 0.258 e. The Morgan fingerprint density at radius 1 is 0.850 bits per heavy atom. The van der Waals surface area contributed by atoms with Gasteiger partial charge in [0, 0.05) is 35.9 Å². The molecule has 0 aliphatic carbocycles. The van der Waals surface area contributed by atoms with E-state index in [-0.39, 0.29) is 11.7 Å². The summed E-state index contributed by atoms with van der Waals surface area (Å²) in [4.78, 5) is 10.9. The van der Waals surface area contributed by atoms with Crippen molar-refractivity contribution < 1.29 is 4.92 Å². The van der Waals surface area contributed by atoms with Crippen molar-refractivity contribution in [3.8, 4) is 16.9 Å². The zero-order valence-corrected chi connectivity index (χ0v) is 22.9. The van der Waals surface area contributed by atoms with E-state index in [1.165, 1.54) is 12.1 Å². The lowest BCUT2D eigenvalue weighted by Gasteiger charge is -2.23. The maximum atomic E-state index is 11.3. The van der Waals surface area contributed by atoms with Crippen molar-refractivity contribution in [1.29, 1.82) is 0 Å². The summed E-state index contributed by atoms with van der Waals surface area (Å²) in [5, 5.41) is 24.2. The van der Waals surface area contributed by atoms with Crippen LogP contribution in [0, 0.1) is 17.0 Å². The van der Waals surface area contributed by atoms with Gasteiger partial charge in [0.05, 0.1) is 43.8 Å². The number of nitro benzene ring substituents is 1. The Kier molecular flexibility index (Phi) is 6.84. The number of non-ortho nitro benzene ring substituents is 1. The number of rotatable bonds is 6. The number of halogens is 2. The summed E-state index contributed by atoms with van der Waals surface area (Å²) < 4.78 is 1.85. The molecule has 198 valence electrons. The van der Waals surface area contributed by atoms with Crippen molar-refractivity contribution in [3.05, 3.63) is 140 Å². The van der Waals surface area contributed by atoms with Gasteiger partial charge in [0.1, 0.15) is 0 Å². The van der Waals surface area contributed by atoms with Crippen LogP contribution in [-0.2, 0) is 0 Å². The summed E-state index contributed by atoms with van der Waals surface area (Å²) in [6.45, 7) is 2.05. The van der Waals surface area contributed by atoms with Gasteiger partial charge in [-0.25, -0.2) is 4.68 Å². The number of benzene rings is 4. The van der Waals surface area contributed by atoms with Crippen LogP contribution in [0.15, 0.2) is 108 Å². The summed E-state index contributed by atoms with van der Waals surface area (Å²) in [5.74, 6) is 0. The molecule has 4 aromatic carbocycles. The molecular formula is C31H23Cl2N5O2. The molecule has 1 aromatic heterocycles. The molecule has 0 radical (unpaired) electrons. The lowest BCUT2D eigenvalue weighted by Crippen LogP contribution is -2.18. The van der Waals surface area contributed by atoms with E-state index in [4.69, 9.17) is 33.4 Å². The third-order valence-corrected chi connectivity index (χ3v) is 7.67. The molecule has 0 saturated carbocycles. The fourth-order valence-electron chi connectivity index (χ4n) is 4.85. The van der Waals surface area contributed by atoms with Crippen LogP contribution in [0.3, 0.4) is 0 Å². The minimum Gasteiger partial charge on any atom is -0.258 e. The van der Waals surface area contributed by atoms with Gasteiger partial charge in [0.15, 0.2) is 0 Å². The molecule has 40 heavy (non-hydrogen) atoms. The van der Waals surface area contributed by atoms with Crippen LogP contribution in [0.25, 0.3) is 16.9 Å². The molecule has 0 saturated heterocycles. The Hall–Kier alpha value is -4.46. The van der Waals surface area contributed by atoms with Crippen molar-refractivity contribution in [2.45, 2.75) is 19.4 Å². The van der Waals surface area contributed by atoms with Crippen LogP contribution in [0.5, 0.6) is 0 Å². The van der Waals surface area contributed by atoms with Crippen molar-refractivity contribution in [2.75, 3.05) is 5.01 Å². The zero-order valence-electron chi connectivity index (χ0n) is 21.4. The molecule has 1 aliphatic heterocycles. The van der Waals surface area contributed by atoms with E-state index in [2.05, 4.69) is 24.3 Å². The highest BCUT2D eigenvalue weighted by molar-refractivity contribution is 6.42. The normalized spacial score (nSPS) is 14.8. The van der Waals surface area contributed by atoms with E-state index in [9.17, 15) is 10.1 Å². The molecule has 1 atom stereocenters. The summed E-state index contributed by atoms with van der Waals surface area (Å²) in [5.41, 5.74) is 7.28. The van der Waals surface area contributed by atoms with Crippen LogP contribution >= 0.6 is 23.2 Å². The zero-order chi connectivity index (χ0) is 27.8. The number of aryl methyl sites for hydroxylation is 1. The van der Waals surface area contributed by atoms with Gasteiger partial charge in [-0.1, -0.05) is 77.3 Å². The van der Waals surface area contributed by atoms with Gasteiger partial charge in [0.25, 0.3) is 5.69 Å². The van der Waals surface area contributed by atoms with Crippen LogP contribution in [0.4, 0.5) is 11.4 Å². The highest BCUT2D eigenvalue weighted by Gasteiger charge is 2.34. The third kappa shape index (κ3) is 4.97. The van der Waals surface area contributed by atoms with Crippen LogP contribution in [0.1, 0.15) is 29.2 Å². The number of hydrazone groups is 1.